The van der Waals surface area contributed by atoms with Gasteiger partial charge in [-0.25, -0.2) is 0 Å². The molecule has 0 bridgehead atoms. The summed E-state index contributed by atoms with van der Waals surface area (Å²) in [7, 11) is 0. The monoisotopic (exact) mass is 242 g/mol. The molecule has 0 unspecified atom stereocenters. The second-order valence-electron chi connectivity index (χ2n) is 3.34. The van der Waals surface area contributed by atoms with E-state index in [9.17, 15) is 13.2 Å². The fraction of sp³-hybridized carbons (Fsp3) is 0.200. The van der Waals surface area contributed by atoms with Gasteiger partial charge in [-0.2, -0.15) is 13.2 Å². The molecule has 0 fully saturated rings. The van der Waals surface area contributed by atoms with Crippen LogP contribution in [0.2, 0.25) is 0 Å². The van der Waals surface area contributed by atoms with Crippen LogP contribution >= 0.6 is 0 Å². The lowest BCUT2D eigenvalue weighted by Gasteiger charge is -2.13. The number of aromatic nitrogens is 3. The highest BCUT2D eigenvalue weighted by molar-refractivity contribution is 5.43. The van der Waals surface area contributed by atoms with Crippen molar-refractivity contribution in [2.24, 2.45) is 5.73 Å². The van der Waals surface area contributed by atoms with E-state index in [1.54, 1.807) is 0 Å². The van der Waals surface area contributed by atoms with E-state index in [0.29, 0.717) is 0 Å². The maximum absolute atomic E-state index is 12.8. The van der Waals surface area contributed by atoms with Crippen molar-refractivity contribution in [3.8, 4) is 5.69 Å². The van der Waals surface area contributed by atoms with E-state index < -0.39 is 11.7 Å². The van der Waals surface area contributed by atoms with Crippen LogP contribution in [0.4, 0.5) is 13.2 Å². The molecule has 2 N–H and O–H groups in total. The van der Waals surface area contributed by atoms with Crippen molar-refractivity contribution in [3.05, 3.63) is 42.0 Å². The Labute approximate surface area is 94.9 Å². The predicted octanol–water partition coefficient (Wildman–Crippen LogP) is 1.74. The van der Waals surface area contributed by atoms with Gasteiger partial charge in [0.2, 0.25) is 0 Å². The van der Waals surface area contributed by atoms with Crippen LogP contribution in [0.25, 0.3) is 5.69 Å². The van der Waals surface area contributed by atoms with E-state index in [4.69, 9.17) is 5.73 Å². The number of hydrogen-bond donors (Lipinski definition) is 1. The number of para-hydroxylation sites is 1. The van der Waals surface area contributed by atoms with Gasteiger partial charge in [-0.1, -0.05) is 12.1 Å². The third-order valence-electron chi connectivity index (χ3n) is 2.27. The molecule has 0 amide bonds. The minimum absolute atomic E-state index is 0.0200. The highest BCUT2D eigenvalue weighted by Crippen LogP contribution is 2.33. The zero-order valence-electron chi connectivity index (χ0n) is 8.65. The smallest absolute Gasteiger partial charge is 0.324 e. The normalized spacial score (nSPS) is 11.8. The van der Waals surface area contributed by atoms with Crippen molar-refractivity contribution in [1.29, 1.82) is 0 Å². The summed E-state index contributed by atoms with van der Waals surface area (Å²) in [5, 5.41) is 7.21. The molecule has 2 aromatic rings. The molecule has 17 heavy (non-hydrogen) atoms. The van der Waals surface area contributed by atoms with Gasteiger partial charge in [0, 0.05) is 0 Å². The van der Waals surface area contributed by atoms with Crippen molar-refractivity contribution < 1.29 is 13.2 Å². The predicted molar refractivity (Wildman–Crippen MR) is 54.3 cm³/mol. The van der Waals surface area contributed by atoms with Gasteiger partial charge in [0.1, 0.15) is 6.33 Å². The zero-order chi connectivity index (χ0) is 12.5. The lowest BCUT2D eigenvalue weighted by molar-refractivity contribution is -0.137. The van der Waals surface area contributed by atoms with E-state index in [1.807, 2.05) is 0 Å². The van der Waals surface area contributed by atoms with Crippen molar-refractivity contribution in [1.82, 2.24) is 14.8 Å². The van der Waals surface area contributed by atoms with Crippen LogP contribution in [0.3, 0.4) is 0 Å². The minimum atomic E-state index is -4.42. The Bertz CT molecular complexity index is 518. The molecule has 1 aromatic heterocycles. The van der Waals surface area contributed by atoms with Gasteiger partial charge in [0.25, 0.3) is 0 Å². The maximum Gasteiger partial charge on any atom is 0.418 e. The van der Waals surface area contributed by atoms with Crippen LogP contribution in [0.15, 0.2) is 30.6 Å². The SMILES string of the molecule is NCc1nncn1-c1ccccc1C(F)(F)F. The summed E-state index contributed by atoms with van der Waals surface area (Å²) in [6.45, 7) is 0.0200. The van der Waals surface area contributed by atoms with E-state index in [2.05, 4.69) is 10.2 Å². The summed E-state index contributed by atoms with van der Waals surface area (Å²) in [6.07, 6.45) is -3.21. The second-order valence-corrected chi connectivity index (χ2v) is 3.34. The molecule has 0 spiro atoms. The lowest BCUT2D eigenvalue weighted by Crippen LogP contribution is -2.13. The maximum atomic E-state index is 12.8. The molecule has 4 nitrogen and oxygen atoms in total. The molecule has 1 aromatic carbocycles. The molecule has 0 aliphatic heterocycles. The van der Waals surface area contributed by atoms with Crippen LogP contribution < -0.4 is 5.73 Å². The fourth-order valence-corrected chi connectivity index (χ4v) is 1.52. The Kier molecular flexibility index (Phi) is 2.84. The topological polar surface area (TPSA) is 56.7 Å². The van der Waals surface area contributed by atoms with Crippen molar-refractivity contribution >= 4 is 0 Å². The second kappa shape index (κ2) is 4.17. The summed E-state index contributed by atoms with van der Waals surface area (Å²) in [4.78, 5) is 0. The molecule has 0 radical (unpaired) electrons. The van der Waals surface area contributed by atoms with Gasteiger partial charge in [0.15, 0.2) is 5.82 Å². The van der Waals surface area contributed by atoms with Crippen molar-refractivity contribution in [2.45, 2.75) is 12.7 Å². The fourth-order valence-electron chi connectivity index (χ4n) is 1.52. The molecule has 0 aliphatic rings. The Morgan fingerprint density at radius 1 is 1.24 bits per heavy atom. The van der Waals surface area contributed by atoms with Gasteiger partial charge >= 0.3 is 6.18 Å². The Morgan fingerprint density at radius 2 is 1.94 bits per heavy atom. The molecule has 0 saturated heterocycles. The van der Waals surface area contributed by atoms with E-state index in [1.165, 1.54) is 29.1 Å². The van der Waals surface area contributed by atoms with E-state index in [0.717, 1.165) is 6.07 Å². The lowest BCUT2D eigenvalue weighted by atomic mass is 10.1. The summed E-state index contributed by atoms with van der Waals surface area (Å²) in [5.41, 5.74) is 4.62. The largest absolute Gasteiger partial charge is 0.418 e. The summed E-state index contributed by atoms with van der Waals surface area (Å²) < 4.78 is 39.6. The number of nitrogens with zero attached hydrogens (tertiary/aromatic N) is 3. The number of halogens is 3. The number of nitrogens with two attached hydrogens (primary N) is 1. The molecule has 1 heterocycles. The first-order valence-electron chi connectivity index (χ1n) is 4.79. The Balaban J connectivity index is 2.60. The van der Waals surface area contributed by atoms with Gasteiger partial charge in [-0.3, -0.25) is 4.57 Å². The summed E-state index contributed by atoms with van der Waals surface area (Å²) in [6, 6.07) is 5.21. The van der Waals surface area contributed by atoms with Crippen molar-refractivity contribution in [2.75, 3.05) is 0 Å². The van der Waals surface area contributed by atoms with Crippen molar-refractivity contribution in [3.63, 3.8) is 0 Å². The molecular weight excluding hydrogens is 233 g/mol. The quantitative estimate of drug-likeness (QED) is 0.872. The van der Waals surface area contributed by atoms with Crippen LogP contribution in [-0.4, -0.2) is 14.8 Å². The third-order valence-corrected chi connectivity index (χ3v) is 2.27. The molecule has 7 heteroatoms. The molecule has 0 aliphatic carbocycles. The van der Waals surface area contributed by atoms with Gasteiger partial charge in [-0.05, 0) is 12.1 Å². The average molecular weight is 242 g/mol. The molecule has 0 atom stereocenters. The number of hydrogen-bond acceptors (Lipinski definition) is 3. The number of benzene rings is 1. The van der Waals surface area contributed by atoms with Crippen LogP contribution in [0, 0.1) is 0 Å². The number of rotatable bonds is 2. The van der Waals surface area contributed by atoms with Crippen LogP contribution in [0.5, 0.6) is 0 Å². The molecular formula is C10H9F3N4. The van der Waals surface area contributed by atoms with E-state index >= 15 is 0 Å². The first kappa shape index (κ1) is 11.6. The van der Waals surface area contributed by atoms with Gasteiger partial charge < -0.3 is 5.73 Å². The third kappa shape index (κ3) is 2.14. The van der Waals surface area contributed by atoms with Crippen LogP contribution in [0.1, 0.15) is 11.4 Å². The molecule has 90 valence electrons. The average Bonchev–Trinajstić information content (AvgIpc) is 2.75. The van der Waals surface area contributed by atoms with Gasteiger partial charge in [-0.15, -0.1) is 10.2 Å². The molecule has 2 rings (SSSR count). The highest BCUT2D eigenvalue weighted by Gasteiger charge is 2.34. The standard InChI is InChI=1S/C10H9F3N4/c11-10(12,13)7-3-1-2-4-8(7)17-6-15-16-9(17)5-14/h1-4,6H,5,14H2. The Hall–Kier alpha value is -1.89. The first-order chi connectivity index (χ1) is 8.04. The first-order valence-corrected chi connectivity index (χ1v) is 4.79. The Morgan fingerprint density at radius 3 is 2.59 bits per heavy atom. The number of alkyl halides is 3. The highest BCUT2D eigenvalue weighted by atomic mass is 19.4. The van der Waals surface area contributed by atoms with Gasteiger partial charge in [0.05, 0.1) is 17.8 Å². The molecule has 0 saturated carbocycles. The minimum Gasteiger partial charge on any atom is -0.324 e. The summed E-state index contributed by atoms with van der Waals surface area (Å²) in [5.74, 6) is 0.279. The zero-order valence-corrected chi connectivity index (χ0v) is 8.65. The van der Waals surface area contributed by atoms with Crippen LogP contribution in [-0.2, 0) is 12.7 Å². The van der Waals surface area contributed by atoms with E-state index in [-0.39, 0.29) is 18.1 Å². The summed E-state index contributed by atoms with van der Waals surface area (Å²) >= 11 is 0.